The molecule has 1 aromatic carbocycles. The van der Waals surface area contributed by atoms with Gasteiger partial charge in [-0.2, -0.15) is 0 Å². The van der Waals surface area contributed by atoms with Gasteiger partial charge in [0.2, 0.25) is 0 Å². The quantitative estimate of drug-likeness (QED) is 0.622. The molecule has 0 unspecified atom stereocenters. The lowest BCUT2D eigenvalue weighted by Gasteiger charge is -2.15. The second kappa shape index (κ2) is 5.29. The lowest BCUT2D eigenvalue weighted by Crippen LogP contribution is -2.36. The summed E-state index contributed by atoms with van der Waals surface area (Å²) in [7, 11) is 0.478. The summed E-state index contributed by atoms with van der Waals surface area (Å²) < 4.78 is 29.7. The molecule has 0 bridgehead atoms. The zero-order valence-corrected chi connectivity index (χ0v) is 11.7. The second-order valence-electron chi connectivity index (χ2n) is 5.11. The number of rotatable bonds is 3. The predicted octanol–water partition coefficient (Wildman–Crippen LogP) is 1.58. The number of hydrogen-bond acceptors (Lipinski definition) is 4. The van der Waals surface area contributed by atoms with E-state index >= 15 is 0 Å². The molecule has 0 radical (unpaired) electrons. The number of ether oxygens (including phenoxy) is 1. The largest absolute Gasteiger partial charge is 0.566 e. The number of halogens is 1. The van der Waals surface area contributed by atoms with Crippen LogP contribution in [-0.4, -0.2) is 25.8 Å². The van der Waals surface area contributed by atoms with Crippen LogP contribution in [0.1, 0.15) is 19.4 Å². The van der Waals surface area contributed by atoms with Gasteiger partial charge in [-0.15, -0.1) is 0 Å². The fraction of sp³-hybridized carbons (Fsp3) is 0.357. The third-order valence-corrected chi connectivity index (χ3v) is 3.22. The molecule has 0 atom stereocenters. The highest BCUT2D eigenvalue weighted by atomic mass is 19.1. The Balaban J connectivity index is 2.19. The molecule has 4 nitrogen and oxygen atoms in total. The predicted molar refractivity (Wildman–Crippen MR) is 72.9 cm³/mol. The third-order valence-electron chi connectivity index (χ3n) is 3.22. The van der Waals surface area contributed by atoms with Gasteiger partial charge in [-0.25, -0.2) is 4.39 Å². The average Bonchev–Trinajstić information content (AvgIpc) is 2.63. The molecule has 0 aromatic heterocycles. The van der Waals surface area contributed by atoms with Gasteiger partial charge in [0.1, 0.15) is 11.4 Å². The summed E-state index contributed by atoms with van der Waals surface area (Å²) in [6, 6.07) is 4.48. The zero-order valence-electron chi connectivity index (χ0n) is 11.7. The SMILES string of the molecule is C=C1OB(c2ccc(CC(=O)OC)cc2F)OC1(C)C. The molecule has 6 heteroatoms. The molecule has 1 saturated heterocycles. The Bertz CT molecular complexity index is 556. The Morgan fingerprint density at radius 2 is 2.20 bits per heavy atom. The van der Waals surface area contributed by atoms with Crippen molar-refractivity contribution in [3.8, 4) is 0 Å². The molecular formula is C14H16BFO4. The van der Waals surface area contributed by atoms with E-state index in [1.807, 2.05) is 0 Å². The number of benzene rings is 1. The minimum atomic E-state index is -0.815. The number of carbonyl (C=O) groups excluding carboxylic acids is 1. The number of hydrogen-bond donors (Lipinski definition) is 0. The minimum Gasteiger partial charge on any atom is -0.534 e. The Morgan fingerprint density at radius 1 is 1.50 bits per heavy atom. The van der Waals surface area contributed by atoms with Gasteiger partial charge in [-0.3, -0.25) is 4.79 Å². The standard InChI is InChI=1S/C14H16BFO4/c1-9-14(2,3)20-15(19-9)11-6-5-10(7-12(11)16)8-13(17)18-4/h5-7H,1,8H2,2-4H3. The van der Waals surface area contributed by atoms with E-state index in [1.165, 1.54) is 13.2 Å². The molecule has 0 N–H and O–H groups in total. The van der Waals surface area contributed by atoms with Crippen LogP contribution in [0, 0.1) is 5.82 Å². The number of esters is 1. The van der Waals surface area contributed by atoms with Crippen LogP contribution in [0.25, 0.3) is 0 Å². The smallest absolute Gasteiger partial charge is 0.534 e. The van der Waals surface area contributed by atoms with E-state index in [-0.39, 0.29) is 11.9 Å². The maximum atomic E-state index is 14.1. The fourth-order valence-electron chi connectivity index (χ4n) is 1.87. The third kappa shape index (κ3) is 2.85. The molecule has 0 amide bonds. The molecule has 1 heterocycles. The van der Waals surface area contributed by atoms with Crippen LogP contribution < -0.4 is 5.46 Å². The van der Waals surface area contributed by atoms with Crippen LogP contribution in [0.15, 0.2) is 30.5 Å². The Hall–Kier alpha value is -1.82. The molecule has 106 valence electrons. The second-order valence-corrected chi connectivity index (χ2v) is 5.11. The van der Waals surface area contributed by atoms with E-state index in [0.29, 0.717) is 11.3 Å². The van der Waals surface area contributed by atoms with Gasteiger partial charge in [0, 0.05) is 5.46 Å². The van der Waals surface area contributed by atoms with Crippen molar-refractivity contribution in [2.75, 3.05) is 7.11 Å². The molecule has 1 aliphatic rings. The zero-order chi connectivity index (χ0) is 14.9. The van der Waals surface area contributed by atoms with E-state index in [4.69, 9.17) is 9.31 Å². The van der Waals surface area contributed by atoms with Crippen LogP contribution in [0.3, 0.4) is 0 Å². The molecule has 0 aliphatic carbocycles. The van der Waals surface area contributed by atoms with E-state index in [9.17, 15) is 9.18 Å². The van der Waals surface area contributed by atoms with Gasteiger partial charge in [0.25, 0.3) is 0 Å². The molecule has 0 spiro atoms. The van der Waals surface area contributed by atoms with E-state index in [2.05, 4.69) is 11.3 Å². The molecule has 2 rings (SSSR count). The highest BCUT2D eigenvalue weighted by Gasteiger charge is 2.44. The van der Waals surface area contributed by atoms with Gasteiger partial charge >= 0.3 is 13.1 Å². The summed E-state index contributed by atoms with van der Waals surface area (Å²) in [5, 5.41) is 0. The molecule has 1 aromatic rings. The summed E-state index contributed by atoms with van der Waals surface area (Å²) in [5.41, 5.74) is 0.168. The molecular weight excluding hydrogens is 262 g/mol. The van der Waals surface area contributed by atoms with Crippen molar-refractivity contribution < 1.29 is 23.2 Å². The summed E-state index contributed by atoms with van der Waals surface area (Å²) in [6.45, 7) is 7.36. The van der Waals surface area contributed by atoms with Gasteiger partial charge in [0.05, 0.1) is 19.3 Å². The number of methoxy groups -OCH3 is 1. The highest BCUT2D eigenvalue weighted by molar-refractivity contribution is 6.62. The highest BCUT2D eigenvalue weighted by Crippen LogP contribution is 2.29. The maximum absolute atomic E-state index is 14.1. The maximum Gasteiger partial charge on any atom is 0.566 e. The van der Waals surface area contributed by atoms with E-state index < -0.39 is 24.5 Å². The topological polar surface area (TPSA) is 44.8 Å². The van der Waals surface area contributed by atoms with Crippen LogP contribution in [0.2, 0.25) is 0 Å². The molecule has 1 fully saturated rings. The van der Waals surface area contributed by atoms with Crippen LogP contribution in [0.4, 0.5) is 4.39 Å². The Labute approximate surface area is 117 Å². The number of carbonyl (C=O) groups is 1. The van der Waals surface area contributed by atoms with Crippen molar-refractivity contribution in [1.29, 1.82) is 0 Å². The van der Waals surface area contributed by atoms with Crippen molar-refractivity contribution in [3.63, 3.8) is 0 Å². The van der Waals surface area contributed by atoms with E-state index in [0.717, 1.165) is 0 Å². The first-order valence-electron chi connectivity index (χ1n) is 6.22. The fourth-order valence-corrected chi connectivity index (χ4v) is 1.87. The Kier molecular flexibility index (Phi) is 3.86. The summed E-state index contributed by atoms with van der Waals surface area (Å²) in [5.74, 6) is -0.442. The molecule has 1 aliphatic heterocycles. The average molecular weight is 278 g/mol. The van der Waals surface area contributed by atoms with Crippen LogP contribution in [-0.2, 0) is 25.3 Å². The summed E-state index contributed by atoms with van der Waals surface area (Å²) >= 11 is 0. The van der Waals surface area contributed by atoms with Crippen LogP contribution in [0.5, 0.6) is 0 Å². The lowest BCUT2D eigenvalue weighted by molar-refractivity contribution is -0.139. The monoisotopic (exact) mass is 278 g/mol. The van der Waals surface area contributed by atoms with E-state index in [1.54, 1.807) is 26.0 Å². The first kappa shape index (κ1) is 14.6. The first-order chi connectivity index (χ1) is 9.33. The van der Waals surface area contributed by atoms with Crippen molar-refractivity contribution in [2.45, 2.75) is 25.9 Å². The van der Waals surface area contributed by atoms with Crippen molar-refractivity contribution >= 4 is 18.6 Å². The van der Waals surface area contributed by atoms with Gasteiger partial charge in [-0.1, -0.05) is 18.7 Å². The van der Waals surface area contributed by atoms with Crippen LogP contribution >= 0.6 is 0 Å². The van der Waals surface area contributed by atoms with Crippen molar-refractivity contribution in [2.24, 2.45) is 0 Å². The Morgan fingerprint density at radius 3 is 2.70 bits per heavy atom. The molecule has 0 saturated carbocycles. The first-order valence-corrected chi connectivity index (χ1v) is 6.22. The van der Waals surface area contributed by atoms with Crippen molar-refractivity contribution in [1.82, 2.24) is 0 Å². The normalized spacial score (nSPS) is 17.0. The van der Waals surface area contributed by atoms with Gasteiger partial charge in [0.15, 0.2) is 0 Å². The summed E-state index contributed by atoms with van der Waals surface area (Å²) in [6.07, 6.45) is 0.0261. The van der Waals surface area contributed by atoms with Gasteiger partial charge < -0.3 is 14.0 Å². The molecule has 20 heavy (non-hydrogen) atoms. The summed E-state index contributed by atoms with van der Waals surface area (Å²) in [4.78, 5) is 11.2. The van der Waals surface area contributed by atoms with Crippen molar-refractivity contribution in [3.05, 3.63) is 41.9 Å². The minimum absolute atomic E-state index is 0.0261. The lowest BCUT2D eigenvalue weighted by atomic mass is 9.78. The van der Waals surface area contributed by atoms with Gasteiger partial charge in [-0.05, 0) is 25.5 Å².